The first kappa shape index (κ1) is 10.1. The van der Waals surface area contributed by atoms with Crippen molar-refractivity contribution in [3.8, 4) is 0 Å². The Morgan fingerprint density at radius 1 is 1.07 bits per heavy atom. The summed E-state index contributed by atoms with van der Waals surface area (Å²) in [4.78, 5) is 0. The Morgan fingerprint density at radius 3 is 2.67 bits per heavy atom. The van der Waals surface area contributed by atoms with Gasteiger partial charge in [0.25, 0.3) is 0 Å². The Hall–Kier alpha value is -0.0800. The van der Waals surface area contributed by atoms with Gasteiger partial charge in [-0.1, -0.05) is 6.42 Å². The molecule has 0 radical (unpaired) electrons. The van der Waals surface area contributed by atoms with Crippen molar-refractivity contribution in [1.29, 1.82) is 0 Å². The van der Waals surface area contributed by atoms with Crippen molar-refractivity contribution >= 4 is 0 Å². The second-order valence-corrected chi connectivity index (χ2v) is 5.63. The molecule has 2 bridgehead atoms. The minimum Gasteiger partial charge on any atom is -0.356 e. The Morgan fingerprint density at radius 2 is 1.87 bits per heavy atom. The second kappa shape index (κ2) is 3.74. The van der Waals surface area contributed by atoms with Crippen molar-refractivity contribution in [2.45, 2.75) is 51.4 Å². The van der Waals surface area contributed by atoms with E-state index >= 15 is 0 Å². The van der Waals surface area contributed by atoms with Gasteiger partial charge in [0.2, 0.25) is 0 Å². The summed E-state index contributed by atoms with van der Waals surface area (Å²) in [6.07, 6.45) is 7.66. The molecule has 0 aliphatic heterocycles. The molecule has 0 amide bonds. The average molecular weight is 210 g/mol. The van der Waals surface area contributed by atoms with Crippen LogP contribution < -0.4 is 0 Å². The fraction of sp³-hybridized carbons (Fsp3) is 1.00. The maximum absolute atomic E-state index is 5.98. The molecule has 2 nitrogen and oxygen atoms in total. The summed E-state index contributed by atoms with van der Waals surface area (Å²) in [6.45, 7) is 2.01. The van der Waals surface area contributed by atoms with E-state index in [2.05, 4.69) is 0 Å². The molecule has 0 N–H and O–H groups in total. The zero-order chi connectivity index (χ0) is 10.4. The fourth-order valence-electron chi connectivity index (χ4n) is 4.46. The summed E-state index contributed by atoms with van der Waals surface area (Å²) in [5.41, 5.74) is 0. The summed E-state index contributed by atoms with van der Waals surface area (Å²) in [5.74, 6) is 3.90. The number of hydrogen-bond donors (Lipinski definition) is 0. The minimum atomic E-state index is -0.0193. The molecule has 2 heteroatoms. The van der Waals surface area contributed by atoms with Gasteiger partial charge >= 0.3 is 0 Å². The predicted molar refractivity (Wildman–Crippen MR) is 58.4 cm³/mol. The molecule has 6 atom stereocenters. The third kappa shape index (κ3) is 1.53. The van der Waals surface area contributed by atoms with E-state index < -0.39 is 0 Å². The number of methoxy groups -OCH3 is 1. The normalized spacial score (nSPS) is 49.6. The van der Waals surface area contributed by atoms with E-state index in [-0.39, 0.29) is 6.29 Å². The Bertz CT molecular complexity index is 241. The van der Waals surface area contributed by atoms with E-state index in [4.69, 9.17) is 9.47 Å². The molecule has 0 aromatic heterocycles. The van der Waals surface area contributed by atoms with Crippen molar-refractivity contribution in [3.05, 3.63) is 0 Å². The van der Waals surface area contributed by atoms with Crippen LogP contribution in [0.25, 0.3) is 0 Å². The van der Waals surface area contributed by atoms with Crippen molar-refractivity contribution in [3.63, 3.8) is 0 Å². The topological polar surface area (TPSA) is 18.5 Å². The minimum absolute atomic E-state index is 0.0193. The molecule has 0 saturated heterocycles. The molecule has 0 aromatic carbocycles. The molecule has 0 spiro atoms. The summed E-state index contributed by atoms with van der Waals surface area (Å²) < 4.78 is 11.2. The Balaban J connectivity index is 1.65. The molecule has 15 heavy (non-hydrogen) atoms. The quantitative estimate of drug-likeness (QED) is 0.667. The molecule has 86 valence electrons. The third-order valence-electron chi connectivity index (χ3n) is 5.07. The summed E-state index contributed by atoms with van der Waals surface area (Å²) in [6, 6.07) is 0. The highest BCUT2D eigenvalue weighted by atomic mass is 16.7. The lowest BCUT2D eigenvalue weighted by Gasteiger charge is -2.32. The van der Waals surface area contributed by atoms with Gasteiger partial charge < -0.3 is 9.47 Å². The van der Waals surface area contributed by atoms with Crippen LogP contribution in [0, 0.1) is 23.7 Å². The first-order valence-corrected chi connectivity index (χ1v) is 6.48. The third-order valence-corrected chi connectivity index (χ3v) is 5.07. The molecular formula is C13H22O2. The first-order chi connectivity index (χ1) is 7.29. The first-order valence-electron chi connectivity index (χ1n) is 6.48. The molecule has 0 heterocycles. The van der Waals surface area contributed by atoms with Crippen molar-refractivity contribution in [2.75, 3.05) is 7.11 Å². The molecule has 3 saturated carbocycles. The highest BCUT2D eigenvalue weighted by molar-refractivity contribution is 5.03. The van der Waals surface area contributed by atoms with Gasteiger partial charge in [-0.25, -0.2) is 0 Å². The number of rotatable bonds is 3. The van der Waals surface area contributed by atoms with E-state index in [9.17, 15) is 0 Å². The summed E-state index contributed by atoms with van der Waals surface area (Å²) in [5, 5.41) is 0. The van der Waals surface area contributed by atoms with Gasteiger partial charge in [-0.3, -0.25) is 0 Å². The molecule has 6 unspecified atom stereocenters. The van der Waals surface area contributed by atoms with Crippen molar-refractivity contribution in [1.82, 2.24) is 0 Å². The van der Waals surface area contributed by atoms with Crippen LogP contribution >= 0.6 is 0 Å². The zero-order valence-corrected chi connectivity index (χ0v) is 9.82. The van der Waals surface area contributed by atoms with E-state index in [1.165, 1.54) is 32.1 Å². The number of hydrogen-bond acceptors (Lipinski definition) is 2. The van der Waals surface area contributed by atoms with Gasteiger partial charge in [-0.05, 0) is 56.3 Å². The van der Waals surface area contributed by atoms with Crippen molar-refractivity contribution in [2.24, 2.45) is 23.7 Å². The van der Waals surface area contributed by atoms with Gasteiger partial charge in [0.05, 0.1) is 6.10 Å². The maximum atomic E-state index is 5.98. The van der Waals surface area contributed by atoms with Crippen LogP contribution in [0.3, 0.4) is 0 Å². The van der Waals surface area contributed by atoms with Gasteiger partial charge in [0, 0.05) is 7.11 Å². The van der Waals surface area contributed by atoms with Gasteiger partial charge in [0.15, 0.2) is 6.29 Å². The Kier molecular flexibility index (Phi) is 2.52. The molecule has 3 aliphatic rings. The molecule has 3 rings (SSSR count). The van der Waals surface area contributed by atoms with E-state index in [1.807, 2.05) is 6.92 Å². The SMILES string of the molecule is COC(C)OC1CC2CC1C1CCCC21. The van der Waals surface area contributed by atoms with Crippen LogP contribution in [0.5, 0.6) is 0 Å². The predicted octanol–water partition coefficient (Wildman–Crippen LogP) is 2.82. The van der Waals surface area contributed by atoms with E-state index in [0.717, 1.165) is 23.7 Å². The van der Waals surface area contributed by atoms with Crippen LogP contribution in [0.4, 0.5) is 0 Å². The fourth-order valence-corrected chi connectivity index (χ4v) is 4.46. The number of fused-ring (bicyclic) bond motifs is 5. The van der Waals surface area contributed by atoms with E-state index in [1.54, 1.807) is 7.11 Å². The smallest absolute Gasteiger partial charge is 0.154 e. The molecular weight excluding hydrogens is 188 g/mol. The lowest BCUT2D eigenvalue weighted by molar-refractivity contribution is -0.163. The largest absolute Gasteiger partial charge is 0.356 e. The lowest BCUT2D eigenvalue weighted by Crippen LogP contribution is -2.33. The standard InChI is InChI=1S/C13H22O2/c1-8(14-2)15-13-7-9-6-12(13)11-5-3-4-10(9)11/h8-13H,3-7H2,1-2H3. The van der Waals surface area contributed by atoms with Crippen LogP contribution in [0.2, 0.25) is 0 Å². The maximum Gasteiger partial charge on any atom is 0.154 e. The van der Waals surface area contributed by atoms with Crippen LogP contribution in [-0.4, -0.2) is 19.5 Å². The second-order valence-electron chi connectivity index (χ2n) is 5.63. The monoisotopic (exact) mass is 210 g/mol. The van der Waals surface area contributed by atoms with Crippen LogP contribution in [0.1, 0.15) is 39.0 Å². The zero-order valence-electron chi connectivity index (χ0n) is 9.82. The van der Waals surface area contributed by atoms with Crippen molar-refractivity contribution < 1.29 is 9.47 Å². The van der Waals surface area contributed by atoms with Crippen LogP contribution in [-0.2, 0) is 9.47 Å². The number of ether oxygens (including phenoxy) is 2. The van der Waals surface area contributed by atoms with Gasteiger partial charge in [0.1, 0.15) is 0 Å². The molecule has 0 aromatic rings. The average Bonchev–Trinajstić information content (AvgIpc) is 2.87. The Labute approximate surface area is 92.3 Å². The molecule has 3 fully saturated rings. The highest BCUT2D eigenvalue weighted by Gasteiger charge is 2.54. The lowest BCUT2D eigenvalue weighted by atomic mass is 9.80. The highest BCUT2D eigenvalue weighted by Crippen LogP contribution is 2.59. The summed E-state index contributed by atoms with van der Waals surface area (Å²) >= 11 is 0. The van der Waals surface area contributed by atoms with E-state index in [0.29, 0.717) is 6.10 Å². The summed E-state index contributed by atoms with van der Waals surface area (Å²) in [7, 11) is 1.73. The molecule has 3 aliphatic carbocycles. The van der Waals surface area contributed by atoms with Gasteiger partial charge in [-0.15, -0.1) is 0 Å². The van der Waals surface area contributed by atoms with Gasteiger partial charge in [-0.2, -0.15) is 0 Å². The van der Waals surface area contributed by atoms with Crippen LogP contribution in [0.15, 0.2) is 0 Å².